The predicted molar refractivity (Wildman–Crippen MR) is 59.5 cm³/mol. The summed E-state index contributed by atoms with van der Waals surface area (Å²) in [5.74, 6) is 4.44. The topological polar surface area (TPSA) is 66.4 Å². The van der Waals surface area contributed by atoms with Crippen LogP contribution in [0.5, 0.6) is 0 Å². The van der Waals surface area contributed by atoms with Gasteiger partial charge in [0, 0.05) is 5.92 Å². The molecule has 16 heavy (non-hydrogen) atoms. The number of hydrogen-bond acceptors (Lipinski definition) is 2. The molecule has 2 N–H and O–H groups in total. The van der Waals surface area contributed by atoms with Crippen molar-refractivity contribution in [1.29, 1.82) is 0 Å². The van der Waals surface area contributed by atoms with Gasteiger partial charge in [-0.15, -0.1) is 5.92 Å². The van der Waals surface area contributed by atoms with Crippen LogP contribution in [0.25, 0.3) is 0 Å². The molecule has 4 heteroatoms. The van der Waals surface area contributed by atoms with Crippen molar-refractivity contribution in [3.63, 3.8) is 0 Å². The van der Waals surface area contributed by atoms with Crippen LogP contribution in [0.4, 0.5) is 0 Å². The molecule has 0 aliphatic heterocycles. The summed E-state index contributed by atoms with van der Waals surface area (Å²) >= 11 is 0. The van der Waals surface area contributed by atoms with Gasteiger partial charge in [0.25, 0.3) is 0 Å². The van der Waals surface area contributed by atoms with Gasteiger partial charge in [-0.2, -0.15) is 0 Å². The molecule has 0 unspecified atom stereocenters. The van der Waals surface area contributed by atoms with E-state index in [1.165, 1.54) is 0 Å². The summed E-state index contributed by atoms with van der Waals surface area (Å²) in [6, 6.07) is 0. The van der Waals surface area contributed by atoms with Gasteiger partial charge in [0.2, 0.25) is 5.91 Å². The van der Waals surface area contributed by atoms with Gasteiger partial charge in [-0.1, -0.05) is 5.92 Å². The number of carboxylic acids is 1. The lowest BCUT2D eigenvalue weighted by Crippen LogP contribution is -2.34. The molecule has 1 rings (SSSR count). The van der Waals surface area contributed by atoms with E-state index in [0.29, 0.717) is 32.2 Å². The minimum atomic E-state index is -0.740. The first kappa shape index (κ1) is 12.6. The SMILES string of the molecule is CC#CCNC(=O)C1CCC(C(=O)O)CC1. The second-order valence-corrected chi connectivity index (χ2v) is 4.03. The summed E-state index contributed by atoms with van der Waals surface area (Å²) in [5.41, 5.74) is 0. The lowest BCUT2D eigenvalue weighted by molar-refractivity contribution is -0.144. The minimum Gasteiger partial charge on any atom is -0.481 e. The van der Waals surface area contributed by atoms with Gasteiger partial charge in [-0.25, -0.2) is 0 Å². The Morgan fingerprint density at radius 2 is 1.81 bits per heavy atom. The molecule has 0 aromatic heterocycles. The Morgan fingerprint density at radius 1 is 1.25 bits per heavy atom. The zero-order valence-electron chi connectivity index (χ0n) is 9.45. The van der Waals surface area contributed by atoms with Gasteiger partial charge in [-0.3, -0.25) is 9.59 Å². The first-order valence-corrected chi connectivity index (χ1v) is 5.55. The Labute approximate surface area is 95.4 Å². The molecular weight excluding hydrogens is 206 g/mol. The molecule has 1 aliphatic carbocycles. The molecule has 1 aliphatic rings. The molecule has 0 spiro atoms. The molecule has 1 saturated carbocycles. The molecule has 0 bridgehead atoms. The summed E-state index contributed by atoms with van der Waals surface area (Å²) < 4.78 is 0. The van der Waals surface area contributed by atoms with E-state index in [-0.39, 0.29) is 17.7 Å². The van der Waals surface area contributed by atoms with Crippen LogP contribution in [0.2, 0.25) is 0 Å². The Morgan fingerprint density at radius 3 is 2.31 bits per heavy atom. The summed E-state index contributed by atoms with van der Waals surface area (Å²) in [6.45, 7) is 2.11. The van der Waals surface area contributed by atoms with Gasteiger partial charge in [0.15, 0.2) is 0 Å². The monoisotopic (exact) mass is 223 g/mol. The van der Waals surface area contributed by atoms with Crippen molar-refractivity contribution in [1.82, 2.24) is 5.32 Å². The van der Waals surface area contributed by atoms with E-state index in [9.17, 15) is 9.59 Å². The molecular formula is C12H17NO3. The number of hydrogen-bond donors (Lipinski definition) is 2. The van der Waals surface area contributed by atoms with Crippen molar-refractivity contribution in [3.05, 3.63) is 0 Å². The van der Waals surface area contributed by atoms with E-state index >= 15 is 0 Å². The lowest BCUT2D eigenvalue weighted by Gasteiger charge is -2.24. The first-order valence-electron chi connectivity index (χ1n) is 5.55. The number of amides is 1. The zero-order chi connectivity index (χ0) is 12.0. The maximum Gasteiger partial charge on any atom is 0.306 e. The van der Waals surface area contributed by atoms with Gasteiger partial charge < -0.3 is 10.4 Å². The highest BCUT2D eigenvalue weighted by Gasteiger charge is 2.29. The highest BCUT2D eigenvalue weighted by atomic mass is 16.4. The quantitative estimate of drug-likeness (QED) is 0.702. The predicted octanol–water partition coefficient (Wildman–Crippen LogP) is 1.02. The van der Waals surface area contributed by atoms with E-state index in [0.717, 1.165) is 0 Å². The Hall–Kier alpha value is -1.50. The fraction of sp³-hybridized carbons (Fsp3) is 0.667. The van der Waals surface area contributed by atoms with E-state index in [4.69, 9.17) is 5.11 Å². The third kappa shape index (κ3) is 3.58. The molecule has 0 aromatic rings. The highest BCUT2D eigenvalue weighted by Crippen LogP contribution is 2.28. The number of carbonyl (C=O) groups excluding carboxylic acids is 1. The van der Waals surface area contributed by atoms with E-state index in [1.54, 1.807) is 6.92 Å². The van der Waals surface area contributed by atoms with Crippen molar-refractivity contribution < 1.29 is 14.7 Å². The van der Waals surface area contributed by atoms with Crippen molar-refractivity contribution in [2.45, 2.75) is 32.6 Å². The molecule has 1 amide bonds. The average molecular weight is 223 g/mol. The number of nitrogens with one attached hydrogen (secondary N) is 1. The van der Waals surface area contributed by atoms with Crippen molar-refractivity contribution in [2.24, 2.45) is 11.8 Å². The first-order chi connectivity index (χ1) is 7.65. The fourth-order valence-corrected chi connectivity index (χ4v) is 1.97. The third-order valence-electron chi connectivity index (χ3n) is 2.97. The molecule has 0 saturated heterocycles. The summed E-state index contributed by atoms with van der Waals surface area (Å²) in [5, 5.41) is 11.6. The van der Waals surface area contributed by atoms with Crippen molar-refractivity contribution in [3.8, 4) is 11.8 Å². The van der Waals surface area contributed by atoms with Crippen LogP contribution >= 0.6 is 0 Å². The standard InChI is InChI=1S/C12H17NO3/c1-2-3-8-13-11(14)9-4-6-10(7-5-9)12(15)16/h9-10H,4-8H2,1H3,(H,13,14)(H,15,16). The third-order valence-corrected chi connectivity index (χ3v) is 2.97. The Balaban J connectivity index is 2.32. The number of aliphatic carboxylic acids is 1. The second kappa shape index (κ2) is 6.16. The molecule has 0 heterocycles. The average Bonchev–Trinajstić information content (AvgIpc) is 2.29. The van der Waals surface area contributed by atoms with Gasteiger partial charge >= 0.3 is 5.97 Å². The van der Waals surface area contributed by atoms with Crippen molar-refractivity contribution >= 4 is 11.9 Å². The minimum absolute atomic E-state index is 0.00610. The maximum atomic E-state index is 11.6. The zero-order valence-corrected chi connectivity index (χ0v) is 9.45. The van der Waals surface area contributed by atoms with Crippen LogP contribution in [-0.4, -0.2) is 23.5 Å². The van der Waals surface area contributed by atoms with Crippen LogP contribution in [0.15, 0.2) is 0 Å². The molecule has 88 valence electrons. The number of carboxylic acid groups (broad SMARTS) is 1. The second-order valence-electron chi connectivity index (χ2n) is 4.03. The van der Waals surface area contributed by atoms with Gasteiger partial charge in [-0.05, 0) is 32.6 Å². The molecule has 4 nitrogen and oxygen atoms in total. The van der Waals surface area contributed by atoms with Gasteiger partial charge in [0.1, 0.15) is 0 Å². The largest absolute Gasteiger partial charge is 0.481 e. The smallest absolute Gasteiger partial charge is 0.306 e. The normalized spacial score (nSPS) is 24.1. The van der Waals surface area contributed by atoms with Crippen LogP contribution in [0.1, 0.15) is 32.6 Å². The summed E-state index contributed by atoms with van der Waals surface area (Å²) in [7, 11) is 0. The summed E-state index contributed by atoms with van der Waals surface area (Å²) in [6.07, 6.45) is 2.55. The number of carbonyl (C=O) groups is 2. The Bertz CT molecular complexity index is 319. The van der Waals surface area contributed by atoms with E-state index < -0.39 is 5.97 Å². The van der Waals surface area contributed by atoms with E-state index in [2.05, 4.69) is 17.2 Å². The molecule has 1 fully saturated rings. The maximum absolute atomic E-state index is 11.6. The molecule has 0 radical (unpaired) electrons. The van der Waals surface area contributed by atoms with Crippen LogP contribution in [0, 0.1) is 23.7 Å². The van der Waals surface area contributed by atoms with Crippen LogP contribution in [-0.2, 0) is 9.59 Å². The van der Waals surface area contributed by atoms with Gasteiger partial charge in [0.05, 0.1) is 12.5 Å². The van der Waals surface area contributed by atoms with Crippen LogP contribution in [0.3, 0.4) is 0 Å². The fourth-order valence-electron chi connectivity index (χ4n) is 1.97. The van der Waals surface area contributed by atoms with Crippen molar-refractivity contribution in [2.75, 3.05) is 6.54 Å². The lowest BCUT2D eigenvalue weighted by atomic mass is 9.81. The Kier molecular flexibility index (Phi) is 4.84. The molecule has 0 atom stereocenters. The number of rotatable bonds is 3. The highest BCUT2D eigenvalue weighted by molar-refractivity contribution is 5.79. The van der Waals surface area contributed by atoms with Crippen LogP contribution < -0.4 is 5.32 Å². The van der Waals surface area contributed by atoms with E-state index in [1.807, 2.05) is 0 Å². The molecule has 0 aromatic carbocycles. The summed E-state index contributed by atoms with van der Waals surface area (Å²) in [4.78, 5) is 22.3.